The van der Waals surface area contributed by atoms with Crippen LogP contribution in [0.1, 0.15) is 22.5 Å². The molecule has 0 spiro atoms. The Morgan fingerprint density at radius 1 is 1.29 bits per heavy atom. The second-order valence-corrected chi connectivity index (χ2v) is 5.97. The van der Waals surface area contributed by atoms with Gasteiger partial charge in [-0.05, 0) is 18.6 Å². The molecule has 8 heteroatoms. The highest BCUT2D eigenvalue weighted by Crippen LogP contribution is 2.34. The Balaban J connectivity index is 1.85. The van der Waals surface area contributed by atoms with E-state index in [0.717, 1.165) is 0 Å². The molecule has 0 radical (unpaired) electrons. The molecule has 0 saturated carbocycles. The van der Waals surface area contributed by atoms with Gasteiger partial charge >= 0.3 is 0 Å². The van der Waals surface area contributed by atoms with Crippen molar-refractivity contribution in [3.05, 3.63) is 35.8 Å². The maximum atomic E-state index is 13.6. The van der Waals surface area contributed by atoms with E-state index in [1.807, 2.05) is 0 Å². The number of fused-ring (bicyclic) bond motifs is 1. The molecule has 1 fully saturated rings. The number of nitrogens with zero attached hydrogens (tertiary/aromatic N) is 4. The number of aromatic nitrogens is 3. The number of carbonyl (C=O) groups is 1. The number of pyridine rings is 1. The molecule has 0 unspecified atom stereocenters. The largest absolute Gasteiger partial charge is 0.350 e. The predicted octanol–water partition coefficient (Wildman–Crippen LogP) is 1.67. The molecule has 2 aromatic heterocycles. The van der Waals surface area contributed by atoms with Gasteiger partial charge < -0.3 is 10.2 Å². The Morgan fingerprint density at radius 3 is 2.88 bits per heavy atom. The molecule has 2 aliphatic heterocycles. The van der Waals surface area contributed by atoms with E-state index in [0.29, 0.717) is 35.7 Å². The smallest absolute Gasteiger partial charge is 0.270 e. The fourth-order valence-corrected chi connectivity index (χ4v) is 3.08. The van der Waals surface area contributed by atoms with Crippen molar-refractivity contribution < 1.29 is 13.6 Å². The van der Waals surface area contributed by atoms with Gasteiger partial charge in [0.05, 0.1) is 6.54 Å². The van der Waals surface area contributed by atoms with E-state index >= 15 is 0 Å². The highest BCUT2D eigenvalue weighted by Gasteiger charge is 2.40. The minimum atomic E-state index is -2.73. The summed E-state index contributed by atoms with van der Waals surface area (Å²) in [7, 11) is 0. The SMILES string of the molecule is O=C1NCCc2c1nc(-c1cccnc1)nc2N1CCC(F)(F)C1. The van der Waals surface area contributed by atoms with Crippen LogP contribution in [0.3, 0.4) is 0 Å². The summed E-state index contributed by atoms with van der Waals surface area (Å²) in [6.07, 6.45) is 3.54. The molecule has 4 heterocycles. The minimum Gasteiger partial charge on any atom is -0.350 e. The van der Waals surface area contributed by atoms with Crippen molar-refractivity contribution in [2.75, 3.05) is 24.5 Å². The first kappa shape index (κ1) is 14.9. The summed E-state index contributed by atoms with van der Waals surface area (Å²) in [5, 5.41) is 2.74. The number of anilines is 1. The lowest BCUT2D eigenvalue weighted by Gasteiger charge is -2.25. The normalized spacial score (nSPS) is 19.1. The second-order valence-electron chi connectivity index (χ2n) is 5.97. The number of rotatable bonds is 2. The van der Waals surface area contributed by atoms with E-state index in [4.69, 9.17) is 0 Å². The molecule has 0 aliphatic carbocycles. The summed E-state index contributed by atoms with van der Waals surface area (Å²) in [6, 6.07) is 3.51. The number of amides is 1. The number of halogens is 2. The van der Waals surface area contributed by atoms with Crippen LogP contribution in [0.5, 0.6) is 0 Å². The fourth-order valence-electron chi connectivity index (χ4n) is 3.08. The first-order valence-corrected chi connectivity index (χ1v) is 7.76. The maximum absolute atomic E-state index is 13.6. The second kappa shape index (κ2) is 5.47. The van der Waals surface area contributed by atoms with Gasteiger partial charge in [0.1, 0.15) is 11.5 Å². The van der Waals surface area contributed by atoms with Gasteiger partial charge in [-0.25, -0.2) is 18.7 Å². The van der Waals surface area contributed by atoms with Crippen LogP contribution in [0, 0.1) is 0 Å². The Labute approximate surface area is 136 Å². The van der Waals surface area contributed by atoms with E-state index in [9.17, 15) is 13.6 Å². The average Bonchev–Trinajstić information content (AvgIpc) is 2.95. The Bertz CT molecular complexity index is 797. The molecule has 6 nitrogen and oxygen atoms in total. The van der Waals surface area contributed by atoms with E-state index in [1.165, 1.54) is 0 Å². The topological polar surface area (TPSA) is 71.0 Å². The molecule has 1 saturated heterocycles. The molecule has 0 atom stereocenters. The standard InChI is InChI=1S/C16H15F2N5O/c17-16(18)4-7-23(9-16)14-11-3-6-20-15(24)12(11)21-13(22-14)10-2-1-5-19-8-10/h1-2,5,8H,3-4,6-7,9H2,(H,20,24). The lowest BCUT2D eigenvalue weighted by molar-refractivity contribution is 0.0256. The van der Waals surface area contributed by atoms with E-state index in [1.54, 1.807) is 29.4 Å². The summed E-state index contributed by atoms with van der Waals surface area (Å²) < 4.78 is 27.3. The van der Waals surface area contributed by atoms with Gasteiger partial charge in [0.15, 0.2) is 5.82 Å². The minimum absolute atomic E-state index is 0.208. The zero-order valence-electron chi connectivity index (χ0n) is 12.8. The third-order valence-corrected chi connectivity index (χ3v) is 4.25. The first-order chi connectivity index (χ1) is 11.5. The molecular weight excluding hydrogens is 316 g/mol. The van der Waals surface area contributed by atoms with Crippen LogP contribution in [0.15, 0.2) is 24.5 Å². The summed E-state index contributed by atoms with van der Waals surface area (Å²) in [4.78, 5) is 26.6. The number of hydrogen-bond acceptors (Lipinski definition) is 5. The van der Waals surface area contributed by atoms with Crippen molar-refractivity contribution in [1.29, 1.82) is 0 Å². The van der Waals surface area contributed by atoms with Gasteiger partial charge in [-0.15, -0.1) is 0 Å². The van der Waals surface area contributed by atoms with Gasteiger partial charge in [-0.2, -0.15) is 0 Å². The quantitative estimate of drug-likeness (QED) is 0.906. The Kier molecular flexibility index (Phi) is 3.40. The first-order valence-electron chi connectivity index (χ1n) is 7.76. The summed E-state index contributed by atoms with van der Waals surface area (Å²) in [5.41, 5.74) is 1.55. The van der Waals surface area contributed by atoms with Crippen molar-refractivity contribution in [2.24, 2.45) is 0 Å². The monoisotopic (exact) mass is 331 g/mol. The third kappa shape index (κ3) is 2.57. The van der Waals surface area contributed by atoms with E-state index in [-0.39, 0.29) is 31.1 Å². The van der Waals surface area contributed by atoms with Gasteiger partial charge in [-0.3, -0.25) is 9.78 Å². The molecular formula is C16H15F2N5O. The molecule has 1 N–H and O–H groups in total. The molecule has 0 bridgehead atoms. The van der Waals surface area contributed by atoms with E-state index < -0.39 is 5.92 Å². The van der Waals surface area contributed by atoms with Crippen molar-refractivity contribution in [3.8, 4) is 11.4 Å². The molecule has 124 valence electrons. The van der Waals surface area contributed by atoms with Crippen molar-refractivity contribution in [3.63, 3.8) is 0 Å². The molecule has 4 rings (SSSR count). The molecule has 2 aromatic rings. The predicted molar refractivity (Wildman–Crippen MR) is 83.1 cm³/mol. The summed E-state index contributed by atoms with van der Waals surface area (Å²) in [6.45, 7) is 0.285. The van der Waals surface area contributed by atoms with Crippen molar-refractivity contribution in [1.82, 2.24) is 20.3 Å². The van der Waals surface area contributed by atoms with Crippen LogP contribution >= 0.6 is 0 Å². The third-order valence-electron chi connectivity index (χ3n) is 4.25. The number of nitrogens with one attached hydrogen (secondary N) is 1. The van der Waals surface area contributed by atoms with Gasteiger partial charge in [-0.1, -0.05) is 0 Å². The fraction of sp³-hybridized carbons (Fsp3) is 0.375. The summed E-state index contributed by atoms with van der Waals surface area (Å²) >= 11 is 0. The van der Waals surface area contributed by atoms with Crippen molar-refractivity contribution >= 4 is 11.7 Å². The Hall–Kier alpha value is -2.64. The summed E-state index contributed by atoms with van der Waals surface area (Å²) in [5.74, 6) is -2.27. The van der Waals surface area contributed by atoms with E-state index in [2.05, 4.69) is 20.3 Å². The maximum Gasteiger partial charge on any atom is 0.270 e. The van der Waals surface area contributed by atoms with Crippen LogP contribution in [-0.2, 0) is 6.42 Å². The zero-order valence-corrected chi connectivity index (χ0v) is 12.8. The number of hydrogen-bond donors (Lipinski definition) is 1. The average molecular weight is 331 g/mol. The zero-order chi connectivity index (χ0) is 16.7. The van der Waals surface area contributed by atoms with Crippen LogP contribution in [0.4, 0.5) is 14.6 Å². The highest BCUT2D eigenvalue weighted by atomic mass is 19.3. The van der Waals surface area contributed by atoms with Gasteiger partial charge in [0.2, 0.25) is 0 Å². The molecule has 2 aliphatic rings. The van der Waals surface area contributed by atoms with Crippen LogP contribution in [0.25, 0.3) is 11.4 Å². The van der Waals surface area contributed by atoms with Crippen LogP contribution < -0.4 is 10.2 Å². The molecule has 0 aromatic carbocycles. The van der Waals surface area contributed by atoms with Crippen molar-refractivity contribution in [2.45, 2.75) is 18.8 Å². The van der Waals surface area contributed by atoms with Gasteiger partial charge in [0.25, 0.3) is 11.8 Å². The molecule has 24 heavy (non-hydrogen) atoms. The highest BCUT2D eigenvalue weighted by molar-refractivity contribution is 5.96. The lowest BCUT2D eigenvalue weighted by Crippen LogP contribution is -2.36. The number of carbonyl (C=O) groups excluding carboxylic acids is 1. The van der Waals surface area contributed by atoms with Crippen LogP contribution in [0.2, 0.25) is 0 Å². The lowest BCUT2D eigenvalue weighted by atomic mass is 10.1. The Morgan fingerprint density at radius 2 is 2.17 bits per heavy atom. The number of alkyl halides is 2. The van der Waals surface area contributed by atoms with Crippen LogP contribution in [-0.4, -0.2) is 46.4 Å². The van der Waals surface area contributed by atoms with Gasteiger partial charge in [0, 0.05) is 43.0 Å². The molecule has 1 amide bonds.